The lowest BCUT2D eigenvalue weighted by Crippen LogP contribution is -2.26. The highest BCUT2D eigenvalue weighted by Crippen LogP contribution is 2.24. The largest absolute Gasteiger partial charge is 0.384 e. The number of fused-ring (bicyclic) bond motifs is 1. The third-order valence-corrected chi connectivity index (χ3v) is 4.60. The number of pyridine rings is 1. The zero-order chi connectivity index (χ0) is 18.4. The molecular weight excluding hydrogens is 346 g/mol. The normalized spacial score (nSPS) is 11.4. The van der Waals surface area contributed by atoms with Crippen LogP contribution in [-0.4, -0.2) is 39.5 Å². The Balaban J connectivity index is 1.53. The predicted octanol–water partition coefficient (Wildman–Crippen LogP) is 4.63. The van der Waals surface area contributed by atoms with Gasteiger partial charge in [0.25, 0.3) is 0 Å². The van der Waals surface area contributed by atoms with Crippen molar-refractivity contribution in [3.63, 3.8) is 0 Å². The summed E-state index contributed by atoms with van der Waals surface area (Å²) < 4.78 is 0. The van der Waals surface area contributed by atoms with Crippen molar-refractivity contribution in [2.45, 2.75) is 33.2 Å². The Kier molecular flexibility index (Phi) is 6.47. The number of nitrogens with one attached hydrogen (secondary N) is 2. The van der Waals surface area contributed by atoms with Crippen LogP contribution >= 0.6 is 11.6 Å². The van der Waals surface area contributed by atoms with Crippen LogP contribution in [0.1, 0.15) is 31.3 Å². The zero-order valence-electron chi connectivity index (χ0n) is 15.4. The molecule has 1 aromatic carbocycles. The number of hydrogen-bond donors (Lipinski definition) is 2. The van der Waals surface area contributed by atoms with Gasteiger partial charge in [0.1, 0.15) is 5.82 Å². The van der Waals surface area contributed by atoms with Crippen LogP contribution in [0.4, 0.5) is 5.69 Å². The molecule has 0 radical (unpaired) electrons. The Labute approximate surface area is 159 Å². The Morgan fingerprint density at radius 3 is 2.85 bits per heavy atom. The number of aromatic amines is 1. The van der Waals surface area contributed by atoms with E-state index in [4.69, 9.17) is 11.6 Å². The van der Waals surface area contributed by atoms with Crippen LogP contribution in [-0.2, 0) is 6.54 Å². The first kappa shape index (κ1) is 18.7. The van der Waals surface area contributed by atoms with Crippen molar-refractivity contribution >= 4 is 28.2 Å². The Morgan fingerprint density at radius 2 is 2.08 bits per heavy atom. The number of hydrogen-bond acceptors (Lipinski definition) is 4. The average Bonchev–Trinajstić information content (AvgIpc) is 3.03. The molecule has 0 aliphatic carbocycles. The fraction of sp³-hybridized carbons (Fsp3) is 0.400. The molecule has 0 saturated carbocycles. The van der Waals surface area contributed by atoms with Gasteiger partial charge in [-0.05, 0) is 50.6 Å². The van der Waals surface area contributed by atoms with Crippen LogP contribution in [0.5, 0.6) is 0 Å². The second-order valence-corrected chi connectivity index (χ2v) is 7.01. The molecule has 0 aliphatic heterocycles. The van der Waals surface area contributed by atoms with Gasteiger partial charge in [-0.3, -0.25) is 9.88 Å². The first-order valence-electron chi connectivity index (χ1n) is 9.16. The fourth-order valence-corrected chi connectivity index (χ4v) is 3.35. The quantitative estimate of drug-likeness (QED) is 0.538. The summed E-state index contributed by atoms with van der Waals surface area (Å²) in [6.45, 7) is 8.19. The highest BCUT2D eigenvalue weighted by molar-refractivity contribution is 6.31. The summed E-state index contributed by atoms with van der Waals surface area (Å²) in [5, 5.41) is 5.36. The molecule has 0 aliphatic rings. The van der Waals surface area contributed by atoms with Crippen molar-refractivity contribution in [1.29, 1.82) is 0 Å². The maximum absolute atomic E-state index is 6.06. The molecule has 138 valence electrons. The minimum absolute atomic E-state index is 0.714. The Hall–Kier alpha value is -2.11. The number of benzene rings is 1. The van der Waals surface area contributed by atoms with Crippen LogP contribution in [0.15, 0.2) is 36.7 Å². The molecule has 2 N–H and O–H groups in total. The zero-order valence-corrected chi connectivity index (χ0v) is 16.2. The van der Waals surface area contributed by atoms with Gasteiger partial charge in [-0.1, -0.05) is 18.5 Å². The van der Waals surface area contributed by atoms with Gasteiger partial charge in [-0.15, -0.1) is 0 Å². The van der Waals surface area contributed by atoms with Crippen molar-refractivity contribution < 1.29 is 0 Å². The number of anilines is 1. The second kappa shape index (κ2) is 9.01. The van der Waals surface area contributed by atoms with E-state index in [9.17, 15) is 0 Å². The molecule has 5 nitrogen and oxygen atoms in total. The van der Waals surface area contributed by atoms with Crippen LogP contribution in [0.2, 0.25) is 5.02 Å². The van der Waals surface area contributed by atoms with Gasteiger partial charge in [0.15, 0.2) is 0 Å². The summed E-state index contributed by atoms with van der Waals surface area (Å²) in [6.07, 6.45) is 5.98. The number of rotatable bonds is 9. The Bertz CT molecular complexity index is 845. The number of halogens is 1. The fourth-order valence-electron chi connectivity index (χ4n) is 3.18. The minimum Gasteiger partial charge on any atom is -0.384 e. The van der Waals surface area contributed by atoms with Crippen LogP contribution < -0.4 is 5.32 Å². The molecule has 6 heteroatoms. The SMILES string of the molecule is CCCN(CCCNc1ccnc2cc(Cl)ccc12)Cc1cnc(C)[nH]1. The van der Waals surface area contributed by atoms with Gasteiger partial charge < -0.3 is 10.3 Å². The first-order chi connectivity index (χ1) is 12.7. The predicted molar refractivity (Wildman–Crippen MR) is 109 cm³/mol. The number of aromatic nitrogens is 3. The van der Waals surface area contributed by atoms with E-state index in [1.54, 1.807) is 0 Å². The average molecular weight is 372 g/mol. The molecule has 0 spiro atoms. The molecule has 0 saturated heterocycles. The summed E-state index contributed by atoms with van der Waals surface area (Å²) in [5.41, 5.74) is 3.21. The summed E-state index contributed by atoms with van der Waals surface area (Å²) in [7, 11) is 0. The molecule has 2 heterocycles. The first-order valence-corrected chi connectivity index (χ1v) is 9.54. The molecule has 0 amide bonds. The number of H-pyrrole nitrogens is 1. The van der Waals surface area contributed by atoms with E-state index < -0.39 is 0 Å². The van der Waals surface area contributed by atoms with Gasteiger partial charge in [-0.2, -0.15) is 0 Å². The van der Waals surface area contributed by atoms with Gasteiger partial charge in [0.2, 0.25) is 0 Å². The molecule has 2 aromatic heterocycles. The number of nitrogens with zero attached hydrogens (tertiary/aromatic N) is 3. The molecule has 3 aromatic rings. The smallest absolute Gasteiger partial charge is 0.103 e. The monoisotopic (exact) mass is 371 g/mol. The summed E-state index contributed by atoms with van der Waals surface area (Å²) in [5.74, 6) is 0.975. The number of aryl methyl sites for hydroxylation is 1. The van der Waals surface area contributed by atoms with E-state index in [0.717, 1.165) is 61.4 Å². The molecular formula is C20H26ClN5. The van der Waals surface area contributed by atoms with Crippen molar-refractivity contribution in [3.8, 4) is 0 Å². The third-order valence-electron chi connectivity index (χ3n) is 4.36. The van der Waals surface area contributed by atoms with Crippen molar-refractivity contribution in [2.75, 3.05) is 25.0 Å². The lowest BCUT2D eigenvalue weighted by Gasteiger charge is -2.21. The second-order valence-electron chi connectivity index (χ2n) is 6.57. The summed E-state index contributed by atoms with van der Waals surface area (Å²) in [4.78, 5) is 14.5. The topological polar surface area (TPSA) is 56.8 Å². The van der Waals surface area contributed by atoms with E-state index in [-0.39, 0.29) is 0 Å². The third kappa shape index (κ3) is 4.96. The molecule has 0 atom stereocenters. The van der Waals surface area contributed by atoms with Crippen molar-refractivity contribution in [1.82, 2.24) is 19.9 Å². The minimum atomic E-state index is 0.714. The number of imidazole rings is 1. The van der Waals surface area contributed by atoms with Crippen molar-refractivity contribution in [2.24, 2.45) is 0 Å². The van der Waals surface area contributed by atoms with E-state index in [1.165, 1.54) is 5.69 Å². The summed E-state index contributed by atoms with van der Waals surface area (Å²) in [6, 6.07) is 7.86. The summed E-state index contributed by atoms with van der Waals surface area (Å²) >= 11 is 6.06. The lowest BCUT2D eigenvalue weighted by atomic mass is 10.2. The van der Waals surface area contributed by atoms with Gasteiger partial charge in [-0.25, -0.2) is 4.98 Å². The molecule has 26 heavy (non-hydrogen) atoms. The molecule has 0 fully saturated rings. The maximum atomic E-state index is 6.06. The molecule has 0 unspecified atom stereocenters. The highest BCUT2D eigenvalue weighted by Gasteiger charge is 2.07. The molecule has 3 rings (SSSR count). The van der Waals surface area contributed by atoms with Gasteiger partial charge in [0, 0.05) is 53.8 Å². The van der Waals surface area contributed by atoms with Crippen LogP contribution in [0.25, 0.3) is 10.9 Å². The van der Waals surface area contributed by atoms with E-state index >= 15 is 0 Å². The standard InChI is InChI=1S/C20H26ClN5/c1-3-10-26(14-17-13-24-15(2)25-17)11-4-8-22-19-7-9-23-20-12-16(21)5-6-18(19)20/h5-7,9,12-13H,3-4,8,10-11,14H2,1-2H3,(H,22,23)(H,24,25). The van der Waals surface area contributed by atoms with Crippen LogP contribution in [0.3, 0.4) is 0 Å². The maximum Gasteiger partial charge on any atom is 0.103 e. The van der Waals surface area contributed by atoms with Gasteiger partial charge in [0.05, 0.1) is 5.52 Å². The molecule has 0 bridgehead atoms. The van der Waals surface area contributed by atoms with E-state index in [0.29, 0.717) is 5.02 Å². The lowest BCUT2D eigenvalue weighted by molar-refractivity contribution is 0.262. The van der Waals surface area contributed by atoms with E-state index in [1.807, 2.05) is 43.6 Å². The highest BCUT2D eigenvalue weighted by atomic mass is 35.5. The van der Waals surface area contributed by atoms with Crippen LogP contribution in [0, 0.1) is 6.92 Å². The van der Waals surface area contributed by atoms with Gasteiger partial charge >= 0.3 is 0 Å². The van der Waals surface area contributed by atoms with E-state index in [2.05, 4.69) is 32.1 Å². The van der Waals surface area contributed by atoms with Crippen molar-refractivity contribution in [3.05, 3.63) is 53.2 Å². The Morgan fingerprint density at radius 1 is 1.19 bits per heavy atom.